The number of amides is 2. The Morgan fingerprint density at radius 1 is 1.29 bits per heavy atom. The Hall–Kier alpha value is -3.07. The van der Waals surface area contributed by atoms with Crippen molar-refractivity contribution in [2.75, 3.05) is 47.1 Å². The van der Waals surface area contributed by atoms with E-state index in [9.17, 15) is 4.79 Å². The summed E-state index contributed by atoms with van der Waals surface area (Å²) in [6, 6.07) is 5.26. The lowest BCUT2D eigenvalue weighted by molar-refractivity contribution is 0.0428. The summed E-state index contributed by atoms with van der Waals surface area (Å²) >= 11 is 0. The third-order valence-electron chi connectivity index (χ3n) is 4.34. The van der Waals surface area contributed by atoms with Crippen LogP contribution in [0.5, 0.6) is 11.5 Å². The first kappa shape index (κ1) is 19.7. The van der Waals surface area contributed by atoms with E-state index in [1.165, 1.54) is 0 Å². The molecule has 1 aliphatic rings. The van der Waals surface area contributed by atoms with E-state index in [1.807, 2.05) is 6.07 Å². The van der Waals surface area contributed by atoms with Crippen LogP contribution in [0.25, 0.3) is 11.4 Å². The predicted molar refractivity (Wildman–Crippen MR) is 101 cm³/mol. The highest BCUT2D eigenvalue weighted by Crippen LogP contribution is 2.31. The van der Waals surface area contributed by atoms with Gasteiger partial charge in [-0.15, -0.1) is 6.58 Å². The Labute approximate surface area is 163 Å². The summed E-state index contributed by atoms with van der Waals surface area (Å²) in [5.41, 5.74) is 0.724. The van der Waals surface area contributed by atoms with E-state index in [0.29, 0.717) is 56.1 Å². The molecule has 9 heteroatoms. The molecule has 0 saturated carbocycles. The van der Waals surface area contributed by atoms with Crippen LogP contribution in [0.2, 0.25) is 0 Å². The van der Waals surface area contributed by atoms with Crippen molar-refractivity contribution in [3.8, 4) is 22.9 Å². The standard InChI is InChI=1S/C19H24N4O5/c1-4-7-23(19(24)22-8-10-27-11-9-22)13-17-20-18(21-28-17)14-5-6-15(25-2)16(12-14)26-3/h4-6,12H,1,7-11,13H2,2-3H3. The summed E-state index contributed by atoms with van der Waals surface area (Å²) in [5, 5.41) is 4.02. The van der Waals surface area contributed by atoms with Crippen LogP contribution in [0.4, 0.5) is 4.79 Å². The first-order valence-corrected chi connectivity index (χ1v) is 8.93. The van der Waals surface area contributed by atoms with Crippen molar-refractivity contribution in [1.82, 2.24) is 19.9 Å². The second-order valence-corrected chi connectivity index (χ2v) is 6.13. The van der Waals surface area contributed by atoms with Gasteiger partial charge < -0.3 is 28.5 Å². The zero-order valence-corrected chi connectivity index (χ0v) is 16.1. The molecular formula is C19H24N4O5. The number of carbonyl (C=O) groups is 1. The zero-order valence-electron chi connectivity index (χ0n) is 16.1. The van der Waals surface area contributed by atoms with Gasteiger partial charge in [-0.25, -0.2) is 4.79 Å². The van der Waals surface area contributed by atoms with E-state index in [-0.39, 0.29) is 12.6 Å². The van der Waals surface area contributed by atoms with Crippen LogP contribution in [-0.4, -0.2) is 73.0 Å². The number of carbonyl (C=O) groups excluding carboxylic acids is 1. The first-order valence-electron chi connectivity index (χ1n) is 8.93. The molecular weight excluding hydrogens is 364 g/mol. The number of aromatic nitrogens is 2. The van der Waals surface area contributed by atoms with Crippen LogP contribution in [-0.2, 0) is 11.3 Å². The molecule has 9 nitrogen and oxygen atoms in total. The molecule has 0 N–H and O–H groups in total. The Morgan fingerprint density at radius 3 is 2.71 bits per heavy atom. The maximum absolute atomic E-state index is 12.8. The van der Waals surface area contributed by atoms with E-state index in [4.69, 9.17) is 18.7 Å². The Bertz CT molecular complexity index is 816. The number of benzene rings is 1. The van der Waals surface area contributed by atoms with E-state index >= 15 is 0 Å². The van der Waals surface area contributed by atoms with Gasteiger partial charge >= 0.3 is 6.03 Å². The monoisotopic (exact) mass is 388 g/mol. The molecule has 0 bridgehead atoms. The molecule has 3 rings (SSSR count). The number of hydrogen-bond donors (Lipinski definition) is 0. The van der Waals surface area contributed by atoms with Gasteiger partial charge in [0, 0.05) is 25.2 Å². The lowest BCUT2D eigenvalue weighted by Gasteiger charge is -2.31. The Morgan fingerprint density at radius 2 is 2.04 bits per heavy atom. The summed E-state index contributed by atoms with van der Waals surface area (Å²) in [6.07, 6.45) is 1.67. The highest BCUT2D eigenvalue weighted by atomic mass is 16.5. The van der Waals surface area contributed by atoms with Gasteiger partial charge in [0.25, 0.3) is 0 Å². The number of morpholine rings is 1. The molecule has 28 heavy (non-hydrogen) atoms. The SMILES string of the molecule is C=CCN(Cc1nc(-c2ccc(OC)c(OC)c2)no1)C(=O)N1CCOCC1. The van der Waals surface area contributed by atoms with Gasteiger partial charge in [-0.1, -0.05) is 11.2 Å². The van der Waals surface area contributed by atoms with Crippen LogP contribution >= 0.6 is 0 Å². The average molecular weight is 388 g/mol. The lowest BCUT2D eigenvalue weighted by Crippen LogP contribution is -2.48. The molecule has 150 valence electrons. The number of hydrogen-bond acceptors (Lipinski definition) is 7. The van der Waals surface area contributed by atoms with Crippen LogP contribution in [0.1, 0.15) is 5.89 Å². The van der Waals surface area contributed by atoms with Crippen LogP contribution in [0, 0.1) is 0 Å². The van der Waals surface area contributed by atoms with Crippen LogP contribution < -0.4 is 9.47 Å². The molecule has 0 radical (unpaired) electrons. The van der Waals surface area contributed by atoms with Crippen LogP contribution in [0.15, 0.2) is 35.4 Å². The third kappa shape index (κ3) is 4.42. The van der Waals surface area contributed by atoms with Crippen molar-refractivity contribution >= 4 is 6.03 Å². The smallest absolute Gasteiger partial charge is 0.320 e. The molecule has 1 aromatic carbocycles. The summed E-state index contributed by atoms with van der Waals surface area (Å²) in [7, 11) is 3.14. The number of ether oxygens (including phenoxy) is 3. The van der Waals surface area contributed by atoms with Crippen molar-refractivity contribution in [3.63, 3.8) is 0 Å². The second kappa shape index (κ2) is 9.23. The quantitative estimate of drug-likeness (QED) is 0.672. The van der Waals surface area contributed by atoms with Gasteiger partial charge in [-0.05, 0) is 18.2 Å². The molecule has 1 aliphatic heterocycles. The molecule has 1 aromatic heterocycles. The number of urea groups is 1. The first-order chi connectivity index (χ1) is 13.7. The Kier molecular flexibility index (Phi) is 6.49. The van der Waals surface area contributed by atoms with Crippen molar-refractivity contribution in [3.05, 3.63) is 36.7 Å². The topological polar surface area (TPSA) is 90.2 Å². The number of methoxy groups -OCH3 is 2. The second-order valence-electron chi connectivity index (χ2n) is 6.13. The summed E-state index contributed by atoms with van der Waals surface area (Å²) in [4.78, 5) is 20.5. The fraction of sp³-hybridized carbons (Fsp3) is 0.421. The van der Waals surface area contributed by atoms with Gasteiger partial charge in [0.15, 0.2) is 11.5 Å². The van der Waals surface area contributed by atoms with E-state index < -0.39 is 0 Å². The van der Waals surface area contributed by atoms with Crippen molar-refractivity contribution in [2.45, 2.75) is 6.54 Å². The van der Waals surface area contributed by atoms with E-state index in [2.05, 4.69) is 16.7 Å². The van der Waals surface area contributed by atoms with Crippen LogP contribution in [0.3, 0.4) is 0 Å². The lowest BCUT2D eigenvalue weighted by atomic mass is 10.2. The molecule has 2 aromatic rings. The molecule has 0 unspecified atom stereocenters. The molecule has 0 spiro atoms. The maximum Gasteiger partial charge on any atom is 0.320 e. The minimum absolute atomic E-state index is 0.103. The number of rotatable bonds is 7. The normalized spacial score (nSPS) is 13.9. The maximum atomic E-state index is 12.8. The van der Waals surface area contributed by atoms with Gasteiger partial charge in [0.2, 0.25) is 11.7 Å². The Balaban J connectivity index is 1.74. The van der Waals surface area contributed by atoms with Gasteiger partial charge in [0.1, 0.15) is 6.54 Å². The van der Waals surface area contributed by atoms with Gasteiger partial charge in [-0.3, -0.25) is 0 Å². The summed E-state index contributed by atoms with van der Waals surface area (Å²) < 4.78 is 21.2. The van der Waals surface area contributed by atoms with Gasteiger partial charge in [0.05, 0.1) is 27.4 Å². The molecule has 0 aliphatic carbocycles. The third-order valence-corrected chi connectivity index (χ3v) is 4.34. The van der Waals surface area contributed by atoms with Crippen molar-refractivity contribution in [2.24, 2.45) is 0 Å². The van der Waals surface area contributed by atoms with Crippen molar-refractivity contribution in [1.29, 1.82) is 0 Å². The van der Waals surface area contributed by atoms with E-state index in [1.54, 1.807) is 42.2 Å². The highest BCUT2D eigenvalue weighted by Gasteiger charge is 2.24. The summed E-state index contributed by atoms with van der Waals surface area (Å²) in [5.74, 6) is 1.94. The highest BCUT2D eigenvalue weighted by molar-refractivity contribution is 5.74. The molecule has 0 atom stereocenters. The minimum atomic E-state index is -0.103. The van der Waals surface area contributed by atoms with Gasteiger partial charge in [-0.2, -0.15) is 4.98 Å². The predicted octanol–water partition coefficient (Wildman–Crippen LogP) is 2.19. The number of nitrogens with zero attached hydrogens (tertiary/aromatic N) is 4. The van der Waals surface area contributed by atoms with E-state index in [0.717, 1.165) is 5.56 Å². The molecule has 1 saturated heterocycles. The zero-order chi connectivity index (χ0) is 19.9. The summed E-state index contributed by atoms with van der Waals surface area (Å²) in [6.45, 7) is 6.51. The van der Waals surface area contributed by atoms with Crippen molar-refractivity contribution < 1.29 is 23.5 Å². The minimum Gasteiger partial charge on any atom is -0.493 e. The fourth-order valence-electron chi connectivity index (χ4n) is 2.90. The molecule has 2 heterocycles. The average Bonchev–Trinajstić information content (AvgIpc) is 3.21. The fourth-order valence-corrected chi connectivity index (χ4v) is 2.90. The molecule has 2 amide bonds. The molecule has 1 fully saturated rings. The largest absolute Gasteiger partial charge is 0.493 e.